The predicted octanol–water partition coefficient (Wildman–Crippen LogP) is 3.07. The highest BCUT2D eigenvalue weighted by Gasteiger charge is 2.04. The average Bonchev–Trinajstić information content (AvgIpc) is 2.19. The van der Waals surface area contributed by atoms with E-state index in [1.165, 1.54) is 11.8 Å². The van der Waals surface area contributed by atoms with Crippen molar-refractivity contribution in [3.05, 3.63) is 28.7 Å². The maximum atomic E-state index is 10.7. The van der Waals surface area contributed by atoms with Crippen LogP contribution in [0, 0.1) is 0 Å². The standard InChI is InChI=1S/C11H14BrNOS/c1-8(7-13-9(2)14)15-11-5-3-10(12)4-6-11/h3-6,8H,7H2,1-2H3,(H,13,14). The minimum Gasteiger partial charge on any atom is -0.355 e. The Labute approximate surface area is 103 Å². The molecule has 1 aromatic carbocycles. The van der Waals surface area contributed by atoms with E-state index in [0.717, 1.165) is 4.47 Å². The van der Waals surface area contributed by atoms with E-state index in [4.69, 9.17) is 0 Å². The zero-order chi connectivity index (χ0) is 11.3. The van der Waals surface area contributed by atoms with Crippen LogP contribution in [0.25, 0.3) is 0 Å². The van der Waals surface area contributed by atoms with Gasteiger partial charge in [-0.3, -0.25) is 4.79 Å². The molecule has 0 aromatic heterocycles. The molecular formula is C11H14BrNOS. The second-order valence-corrected chi connectivity index (χ2v) is 5.75. The molecular weight excluding hydrogens is 274 g/mol. The molecule has 0 radical (unpaired) electrons. The summed E-state index contributed by atoms with van der Waals surface area (Å²) in [5.74, 6) is 0.0262. The molecule has 0 bridgehead atoms. The van der Waals surface area contributed by atoms with Crippen molar-refractivity contribution in [2.24, 2.45) is 0 Å². The van der Waals surface area contributed by atoms with E-state index in [1.54, 1.807) is 11.8 Å². The number of thioether (sulfide) groups is 1. The Morgan fingerprint density at radius 2 is 2.07 bits per heavy atom. The van der Waals surface area contributed by atoms with Crippen molar-refractivity contribution >= 4 is 33.6 Å². The number of nitrogens with one attached hydrogen (secondary N) is 1. The molecule has 1 aromatic rings. The third-order valence-corrected chi connectivity index (χ3v) is 3.43. The van der Waals surface area contributed by atoms with Crippen molar-refractivity contribution in [2.75, 3.05) is 6.54 Å². The molecule has 0 heterocycles. The lowest BCUT2D eigenvalue weighted by Gasteiger charge is -2.11. The Hall–Kier alpha value is -0.480. The Morgan fingerprint density at radius 1 is 1.47 bits per heavy atom. The molecule has 0 fully saturated rings. The summed E-state index contributed by atoms with van der Waals surface area (Å²) in [6, 6.07) is 8.18. The van der Waals surface area contributed by atoms with E-state index < -0.39 is 0 Å². The fourth-order valence-electron chi connectivity index (χ4n) is 1.07. The number of halogens is 1. The Kier molecular flexibility index (Phi) is 5.19. The zero-order valence-electron chi connectivity index (χ0n) is 8.79. The average molecular weight is 288 g/mol. The van der Waals surface area contributed by atoms with Gasteiger partial charge in [-0.2, -0.15) is 0 Å². The van der Waals surface area contributed by atoms with E-state index in [9.17, 15) is 4.79 Å². The fourth-order valence-corrected chi connectivity index (χ4v) is 2.26. The van der Waals surface area contributed by atoms with Gasteiger partial charge in [0.05, 0.1) is 0 Å². The van der Waals surface area contributed by atoms with Crippen molar-refractivity contribution in [3.8, 4) is 0 Å². The maximum Gasteiger partial charge on any atom is 0.216 e. The van der Waals surface area contributed by atoms with Crippen LogP contribution in [-0.4, -0.2) is 17.7 Å². The Bertz CT molecular complexity index is 326. The van der Waals surface area contributed by atoms with Crippen LogP contribution in [0.1, 0.15) is 13.8 Å². The van der Waals surface area contributed by atoms with Gasteiger partial charge in [-0.05, 0) is 24.3 Å². The molecule has 1 N–H and O–H groups in total. The van der Waals surface area contributed by atoms with Crippen molar-refractivity contribution in [3.63, 3.8) is 0 Å². The number of carbonyl (C=O) groups is 1. The molecule has 15 heavy (non-hydrogen) atoms. The lowest BCUT2D eigenvalue weighted by atomic mass is 10.4. The van der Waals surface area contributed by atoms with Gasteiger partial charge in [0, 0.05) is 28.1 Å². The fraction of sp³-hybridized carbons (Fsp3) is 0.364. The first-order chi connectivity index (χ1) is 7.08. The highest BCUT2D eigenvalue weighted by atomic mass is 79.9. The van der Waals surface area contributed by atoms with Gasteiger partial charge >= 0.3 is 0 Å². The van der Waals surface area contributed by atoms with Gasteiger partial charge in [-0.15, -0.1) is 11.8 Å². The number of carbonyl (C=O) groups excluding carboxylic acids is 1. The minimum absolute atomic E-state index is 0.0262. The summed E-state index contributed by atoms with van der Waals surface area (Å²) in [4.78, 5) is 11.9. The van der Waals surface area contributed by atoms with Gasteiger partial charge in [0.1, 0.15) is 0 Å². The number of rotatable bonds is 4. The van der Waals surface area contributed by atoms with Crippen LogP contribution in [-0.2, 0) is 4.79 Å². The van der Waals surface area contributed by atoms with Gasteiger partial charge in [-0.1, -0.05) is 22.9 Å². The molecule has 0 aliphatic carbocycles. The number of hydrogen-bond acceptors (Lipinski definition) is 2. The normalized spacial score (nSPS) is 12.2. The summed E-state index contributed by atoms with van der Waals surface area (Å²) in [6.07, 6.45) is 0. The second-order valence-electron chi connectivity index (χ2n) is 3.32. The Balaban J connectivity index is 2.40. The summed E-state index contributed by atoms with van der Waals surface area (Å²) in [7, 11) is 0. The molecule has 0 spiro atoms. The first kappa shape index (κ1) is 12.6. The molecule has 1 amide bonds. The van der Waals surface area contributed by atoms with Crippen LogP contribution in [0.2, 0.25) is 0 Å². The van der Waals surface area contributed by atoms with Gasteiger partial charge in [0.2, 0.25) is 5.91 Å². The van der Waals surface area contributed by atoms with Crippen LogP contribution < -0.4 is 5.32 Å². The van der Waals surface area contributed by atoms with E-state index in [0.29, 0.717) is 11.8 Å². The zero-order valence-corrected chi connectivity index (χ0v) is 11.2. The smallest absolute Gasteiger partial charge is 0.216 e. The molecule has 1 unspecified atom stereocenters. The van der Waals surface area contributed by atoms with Crippen molar-refractivity contribution in [1.82, 2.24) is 5.32 Å². The highest BCUT2D eigenvalue weighted by Crippen LogP contribution is 2.24. The van der Waals surface area contributed by atoms with E-state index >= 15 is 0 Å². The third kappa shape index (κ3) is 5.23. The summed E-state index contributed by atoms with van der Waals surface area (Å²) in [6.45, 7) is 4.34. The minimum atomic E-state index is 0.0262. The summed E-state index contributed by atoms with van der Waals surface area (Å²) < 4.78 is 1.08. The molecule has 0 saturated heterocycles. The third-order valence-electron chi connectivity index (χ3n) is 1.79. The van der Waals surface area contributed by atoms with Crippen LogP contribution in [0.15, 0.2) is 33.6 Å². The first-order valence-corrected chi connectivity index (χ1v) is 6.42. The second kappa shape index (κ2) is 6.18. The van der Waals surface area contributed by atoms with Crippen LogP contribution in [0.4, 0.5) is 0 Å². The van der Waals surface area contributed by atoms with Crippen LogP contribution in [0.5, 0.6) is 0 Å². The van der Waals surface area contributed by atoms with Gasteiger partial charge in [0.25, 0.3) is 0 Å². The van der Waals surface area contributed by atoms with Gasteiger partial charge < -0.3 is 5.32 Å². The predicted molar refractivity (Wildman–Crippen MR) is 68.1 cm³/mol. The Morgan fingerprint density at radius 3 is 2.60 bits per heavy atom. The number of hydrogen-bond donors (Lipinski definition) is 1. The lowest BCUT2D eigenvalue weighted by molar-refractivity contribution is -0.118. The largest absolute Gasteiger partial charge is 0.355 e. The van der Waals surface area contributed by atoms with Crippen molar-refractivity contribution < 1.29 is 4.79 Å². The van der Waals surface area contributed by atoms with Crippen LogP contribution in [0.3, 0.4) is 0 Å². The molecule has 82 valence electrons. The SMILES string of the molecule is CC(=O)NCC(C)Sc1ccc(Br)cc1. The lowest BCUT2D eigenvalue weighted by Crippen LogP contribution is -2.26. The maximum absolute atomic E-state index is 10.7. The van der Waals surface area contributed by atoms with Gasteiger partial charge in [0.15, 0.2) is 0 Å². The van der Waals surface area contributed by atoms with E-state index in [1.807, 2.05) is 12.1 Å². The molecule has 2 nitrogen and oxygen atoms in total. The van der Waals surface area contributed by atoms with Crippen molar-refractivity contribution in [1.29, 1.82) is 0 Å². The topological polar surface area (TPSA) is 29.1 Å². The highest BCUT2D eigenvalue weighted by molar-refractivity contribution is 9.10. The number of benzene rings is 1. The molecule has 0 saturated carbocycles. The molecule has 0 aliphatic rings. The summed E-state index contributed by atoms with van der Waals surface area (Å²) in [5, 5.41) is 3.19. The summed E-state index contributed by atoms with van der Waals surface area (Å²) >= 11 is 5.15. The monoisotopic (exact) mass is 287 g/mol. The van der Waals surface area contributed by atoms with E-state index in [-0.39, 0.29) is 5.91 Å². The van der Waals surface area contributed by atoms with E-state index in [2.05, 4.69) is 40.3 Å². The van der Waals surface area contributed by atoms with Crippen LogP contribution >= 0.6 is 27.7 Å². The van der Waals surface area contributed by atoms with Gasteiger partial charge in [-0.25, -0.2) is 0 Å². The molecule has 1 rings (SSSR count). The van der Waals surface area contributed by atoms with Crippen molar-refractivity contribution in [2.45, 2.75) is 24.0 Å². The molecule has 1 atom stereocenters. The quantitative estimate of drug-likeness (QED) is 0.863. The first-order valence-electron chi connectivity index (χ1n) is 4.74. The number of amides is 1. The summed E-state index contributed by atoms with van der Waals surface area (Å²) in [5.41, 5.74) is 0. The molecule has 0 aliphatic heterocycles. The molecule has 4 heteroatoms.